The first kappa shape index (κ1) is 9.72. The Morgan fingerprint density at radius 1 is 1.33 bits per heavy atom. The molecule has 1 saturated heterocycles. The standard InChI is InChI=1S/C9H8N2O3S/c1-15-9-10-7(12)6(8(13)11-9)5-3-2-4-14-5/h2-4,6H,1H2,(H,10,12)(H,11,13). The van der Waals surface area contributed by atoms with Crippen LogP contribution in [0.2, 0.25) is 0 Å². The molecule has 0 atom stereocenters. The van der Waals surface area contributed by atoms with Crippen LogP contribution in [0.25, 0.3) is 0 Å². The van der Waals surface area contributed by atoms with E-state index in [9.17, 15) is 9.59 Å². The summed E-state index contributed by atoms with van der Waals surface area (Å²) in [5.74, 6) is 2.10. The van der Waals surface area contributed by atoms with Gasteiger partial charge < -0.3 is 15.1 Å². The summed E-state index contributed by atoms with van der Waals surface area (Å²) in [7, 11) is 1.02. The van der Waals surface area contributed by atoms with E-state index in [1.807, 2.05) is 0 Å². The Kier molecular flexibility index (Phi) is 2.42. The zero-order valence-electron chi connectivity index (χ0n) is 7.65. The fourth-order valence-electron chi connectivity index (χ4n) is 1.30. The van der Waals surface area contributed by atoms with Crippen LogP contribution in [0.4, 0.5) is 0 Å². The Labute approximate surface area is 89.0 Å². The van der Waals surface area contributed by atoms with E-state index in [1.165, 1.54) is 6.26 Å². The summed E-state index contributed by atoms with van der Waals surface area (Å²) in [5, 5.41) is 5.38. The van der Waals surface area contributed by atoms with Gasteiger partial charge in [0.15, 0.2) is 11.0 Å². The van der Waals surface area contributed by atoms with Crippen LogP contribution in [0.1, 0.15) is 11.7 Å². The first-order chi connectivity index (χ1) is 7.22. The van der Waals surface area contributed by atoms with E-state index < -0.39 is 17.7 Å². The van der Waals surface area contributed by atoms with Gasteiger partial charge in [0.1, 0.15) is 5.76 Å². The lowest BCUT2D eigenvalue weighted by atomic mass is 10.0. The van der Waals surface area contributed by atoms with E-state index in [4.69, 9.17) is 4.42 Å². The molecule has 1 aliphatic heterocycles. The maximum atomic E-state index is 11.6. The highest BCUT2D eigenvalue weighted by molar-refractivity contribution is 7.96. The van der Waals surface area contributed by atoms with Crippen molar-refractivity contribution >= 4 is 33.7 Å². The fraction of sp³-hybridized carbons (Fsp3) is 0.111. The number of carbonyl (C=O) groups excluding carboxylic acids is 2. The van der Waals surface area contributed by atoms with Crippen LogP contribution < -0.4 is 10.6 Å². The highest BCUT2D eigenvalue weighted by atomic mass is 32.1. The van der Waals surface area contributed by atoms with Crippen LogP contribution in [0.5, 0.6) is 0 Å². The number of hydrogen-bond acceptors (Lipinski definition) is 3. The van der Waals surface area contributed by atoms with Crippen LogP contribution >= 0.6 is 10.9 Å². The van der Waals surface area contributed by atoms with Gasteiger partial charge in [-0.2, -0.15) is 0 Å². The van der Waals surface area contributed by atoms with E-state index >= 15 is 0 Å². The average molecular weight is 224 g/mol. The van der Waals surface area contributed by atoms with Crippen molar-refractivity contribution in [2.24, 2.45) is 0 Å². The Morgan fingerprint density at radius 2 is 2.00 bits per heavy atom. The lowest BCUT2D eigenvalue weighted by Gasteiger charge is -2.21. The molecule has 2 heterocycles. The van der Waals surface area contributed by atoms with E-state index in [1.54, 1.807) is 12.1 Å². The summed E-state index contributed by atoms with van der Waals surface area (Å²) in [6.45, 7) is 0. The summed E-state index contributed by atoms with van der Waals surface area (Å²) >= 11 is 0. The SMILES string of the molecule is C=S=C1NC(=O)C(c2ccco2)C(=O)N1. The molecular formula is C9H8N2O3S. The van der Waals surface area contributed by atoms with E-state index in [0.717, 1.165) is 10.9 Å². The van der Waals surface area contributed by atoms with Crippen molar-refractivity contribution in [3.63, 3.8) is 0 Å². The number of rotatable bonds is 1. The van der Waals surface area contributed by atoms with Gasteiger partial charge in [-0.1, -0.05) is 0 Å². The molecule has 0 bridgehead atoms. The van der Waals surface area contributed by atoms with Gasteiger partial charge in [-0.05, 0) is 18.0 Å². The minimum atomic E-state index is -0.920. The molecule has 0 spiro atoms. The number of amides is 2. The summed E-state index contributed by atoms with van der Waals surface area (Å²) in [6.07, 6.45) is 1.42. The molecule has 2 rings (SSSR count). The summed E-state index contributed by atoms with van der Waals surface area (Å²) in [4.78, 5) is 23.2. The van der Waals surface area contributed by atoms with Crippen molar-refractivity contribution in [2.75, 3.05) is 0 Å². The Balaban J connectivity index is 2.32. The molecule has 1 aromatic rings. The molecule has 2 amide bonds. The second kappa shape index (κ2) is 3.74. The van der Waals surface area contributed by atoms with E-state index in [2.05, 4.69) is 16.5 Å². The number of carbonyl (C=O) groups is 2. The number of nitrogens with one attached hydrogen (secondary N) is 2. The number of hydrogen-bond donors (Lipinski definition) is 2. The zero-order valence-corrected chi connectivity index (χ0v) is 8.47. The van der Waals surface area contributed by atoms with Crippen molar-refractivity contribution in [1.82, 2.24) is 10.6 Å². The largest absolute Gasteiger partial charge is 0.468 e. The summed E-state index contributed by atoms with van der Waals surface area (Å²) < 4.78 is 5.03. The monoisotopic (exact) mass is 224 g/mol. The van der Waals surface area contributed by atoms with Gasteiger partial charge in [0.2, 0.25) is 11.8 Å². The van der Waals surface area contributed by atoms with Gasteiger partial charge in [-0.25, -0.2) is 0 Å². The molecule has 2 N–H and O–H groups in total. The Morgan fingerprint density at radius 3 is 2.47 bits per heavy atom. The predicted molar refractivity (Wildman–Crippen MR) is 57.5 cm³/mol. The molecule has 1 aliphatic rings. The van der Waals surface area contributed by atoms with Gasteiger partial charge in [0.05, 0.1) is 6.26 Å². The zero-order chi connectivity index (χ0) is 10.8. The molecule has 78 valence electrons. The maximum absolute atomic E-state index is 11.6. The topological polar surface area (TPSA) is 71.3 Å². The van der Waals surface area contributed by atoms with Gasteiger partial charge in [-0.3, -0.25) is 9.59 Å². The summed E-state index contributed by atoms with van der Waals surface area (Å²) in [5.41, 5.74) is 0. The lowest BCUT2D eigenvalue weighted by Crippen LogP contribution is -2.54. The molecule has 0 saturated carbocycles. The Hall–Kier alpha value is -1.82. The van der Waals surface area contributed by atoms with Crippen LogP contribution in [0.15, 0.2) is 22.8 Å². The molecule has 6 heteroatoms. The van der Waals surface area contributed by atoms with Crippen LogP contribution in [-0.4, -0.2) is 22.8 Å². The van der Waals surface area contributed by atoms with Gasteiger partial charge in [0.25, 0.3) is 0 Å². The highest BCUT2D eigenvalue weighted by Crippen LogP contribution is 2.18. The molecule has 15 heavy (non-hydrogen) atoms. The number of furan rings is 1. The van der Waals surface area contributed by atoms with Crippen LogP contribution in [0.3, 0.4) is 0 Å². The third kappa shape index (κ3) is 1.71. The first-order valence-corrected chi connectivity index (χ1v) is 5.15. The Bertz CT molecular complexity index is 440. The average Bonchev–Trinajstić information content (AvgIpc) is 2.69. The first-order valence-electron chi connectivity index (χ1n) is 4.16. The molecule has 1 aromatic heterocycles. The third-order valence-electron chi connectivity index (χ3n) is 1.97. The van der Waals surface area contributed by atoms with Gasteiger partial charge in [-0.15, -0.1) is 10.9 Å². The molecule has 0 aromatic carbocycles. The minimum Gasteiger partial charge on any atom is -0.468 e. The highest BCUT2D eigenvalue weighted by Gasteiger charge is 2.35. The molecule has 0 radical (unpaired) electrons. The van der Waals surface area contributed by atoms with Crippen molar-refractivity contribution in [2.45, 2.75) is 5.92 Å². The minimum absolute atomic E-state index is 0.332. The van der Waals surface area contributed by atoms with E-state index in [0.29, 0.717) is 10.9 Å². The molecule has 0 unspecified atom stereocenters. The molecular weight excluding hydrogens is 216 g/mol. The molecule has 5 nitrogen and oxygen atoms in total. The molecule has 1 fully saturated rings. The molecule has 0 aliphatic carbocycles. The van der Waals surface area contributed by atoms with Crippen molar-refractivity contribution < 1.29 is 14.0 Å². The van der Waals surface area contributed by atoms with Crippen LogP contribution in [0, 0.1) is 0 Å². The van der Waals surface area contributed by atoms with Crippen LogP contribution in [-0.2, 0) is 9.59 Å². The van der Waals surface area contributed by atoms with Gasteiger partial charge >= 0.3 is 0 Å². The predicted octanol–water partition coefficient (Wildman–Crippen LogP) is -0.138. The lowest BCUT2D eigenvalue weighted by molar-refractivity contribution is -0.131. The van der Waals surface area contributed by atoms with Gasteiger partial charge in [0, 0.05) is 0 Å². The van der Waals surface area contributed by atoms with Crippen molar-refractivity contribution in [1.29, 1.82) is 0 Å². The quantitative estimate of drug-likeness (QED) is 0.515. The van der Waals surface area contributed by atoms with E-state index in [-0.39, 0.29) is 0 Å². The maximum Gasteiger partial charge on any atom is 0.246 e. The normalized spacial score (nSPS) is 20.8. The second-order valence-corrected chi connectivity index (χ2v) is 3.60. The third-order valence-corrected chi connectivity index (χ3v) is 2.46. The van der Waals surface area contributed by atoms with Crippen molar-refractivity contribution in [3.05, 3.63) is 24.2 Å². The second-order valence-electron chi connectivity index (χ2n) is 2.90. The summed E-state index contributed by atoms with van der Waals surface area (Å²) in [6, 6.07) is 3.22. The smallest absolute Gasteiger partial charge is 0.246 e. The van der Waals surface area contributed by atoms with Crippen molar-refractivity contribution in [3.8, 4) is 0 Å². The fourth-order valence-corrected chi connectivity index (χ4v) is 1.65.